The number of alkyl halides is 3. The number of nitrogens with two attached hydrogens (primary N) is 2. The van der Waals surface area contributed by atoms with Gasteiger partial charge in [-0.05, 0) is 25.5 Å². The number of rotatable bonds is 3. The van der Waals surface area contributed by atoms with Crippen LogP contribution in [0.3, 0.4) is 0 Å². The Labute approximate surface area is 137 Å². The fourth-order valence-electron chi connectivity index (χ4n) is 2.41. The van der Waals surface area contributed by atoms with Crippen LogP contribution in [0.1, 0.15) is 19.4 Å². The molecule has 1 aromatic rings. The first kappa shape index (κ1) is 18.4. The zero-order chi connectivity index (χ0) is 18.3. The van der Waals surface area contributed by atoms with Gasteiger partial charge in [0.15, 0.2) is 21.5 Å². The predicted molar refractivity (Wildman–Crippen MR) is 84.6 cm³/mol. The van der Waals surface area contributed by atoms with E-state index in [0.717, 1.165) is 12.1 Å². The van der Waals surface area contributed by atoms with Crippen molar-refractivity contribution in [2.45, 2.75) is 41.9 Å². The van der Waals surface area contributed by atoms with E-state index in [-0.39, 0.29) is 0 Å². The molecule has 24 heavy (non-hydrogen) atoms. The SMILES string of the molecule is CC(C)S(=O)(=O)c1ccccc1C1(C(F)(F)F)C=NC(N)N=C1N. The first-order chi connectivity index (χ1) is 10.9. The molecule has 6 nitrogen and oxygen atoms in total. The zero-order valence-electron chi connectivity index (χ0n) is 12.9. The van der Waals surface area contributed by atoms with Gasteiger partial charge >= 0.3 is 6.18 Å². The van der Waals surface area contributed by atoms with Gasteiger partial charge in [-0.25, -0.2) is 13.4 Å². The van der Waals surface area contributed by atoms with Crippen molar-refractivity contribution in [2.75, 3.05) is 0 Å². The highest BCUT2D eigenvalue weighted by Gasteiger charge is 2.60. The maximum atomic E-state index is 13.9. The Kier molecular flexibility index (Phi) is 4.49. The van der Waals surface area contributed by atoms with Crippen molar-refractivity contribution in [3.8, 4) is 0 Å². The lowest BCUT2D eigenvalue weighted by atomic mass is 9.79. The van der Waals surface area contributed by atoms with Crippen LogP contribution in [0, 0.1) is 0 Å². The first-order valence-corrected chi connectivity index (χ1v) is 8.53. The van der Waals surface area contributed by atoms with Gasteiger partial charge in [-0.2, -0.15) is 13.2 Å². The fraction of sp³-hybridized carbons (Fsp3) is 0.429. The van der Waals surface area contributed by atoms with Gasteiger partial charge in [0.2, 0.25) is 0 Å². The van der Waals surface area contributed by atoms with Gasteiger partial charge < -0.3 is 5.73 Å². The van der Waals surface area contributed by atoms with Crippen LogP contribution in [0.2, 0.25) is 0 Å². The van der Waals surface area contributed by atoms with E-state index in [1.165, 1.54) is 26.0 Å². The summed E-state index contributed by atoms with van der Waals surface area (Å²) in [5.41, 5.74) is 7.48. The second-order valence-electron chi connectivity index (χ2n) is 5.60. The smallest absolute Gasteiger partial charge is 0.386 e. The van der Waals surface area contributed by atoms with Gasteiger partial charge in [0, 0.05) is 6.21 Å². The lowest BCUT2D eigenvalue weighted by molar-refractivity contribution is -0.151. The van der Waals surface area contributed by atoms with Crippen molar-refractivity contribution < 1.29 is 21.6 Å². The first-order valence-electron chi connectivity index (χ1n) is 6.98. The summed E-state index contributed by atoms with van der Waals surface area (Å²) in [7, 11) is -4.00. The minimum Gasteiger partial charge on any atom is -0.386 e. The van der Waals surface area contributed by atoms with Crippen LogP contribution in [0.25, 0.3) is 0 Å². The van der Waals surface area contributed by atoms with Crippen LogP contribution in [0.15, 0.2) is 39.1 Å². The number of aliphatic imine (C=N–C) groups is 2. The molecule has 10 heteroatoms. The minimum atomic E-state index is -4.95. The number of sulfone groups is 1. The maximum Gasteiger partial charge on any atom is 0.410 e. The Morgan fingerprint density at radius 1 is 1.25 bits per heavy atom. The van der Waals surface area contributed by atoms with Crippen molar-refractivity contribution in [1.29, 1.82) is 0 Å². The number of amidine groups is 1. The molecular weight excluding hydrogens is 345 g/mol. The van der Waals surface area contributed by atoms with Crippen LogP contribution < -0.4 is 11.5 Å². The van der Waals surface area contributed by atoms with Gasteiger partial charge in [-0.15, -0.1) is 0 Å². The largest absolute Gasteiger partial charge is 0.410 e. The van der Waals surface area contributed by atoms with Crippen molar-refractivity contribution in [3.05, 3.63) is 29.8 Å². The normalized spacial score (nSPS) is 25.0. The van der Waals surface area contributed by atoms with Crippen molar-refractivity contribution in [3.63, 3.8) is 0 Å². The highest BCUT2D eigenvalue weighted by atomic mass is 32.2. The van der Waals surface area contributed by atoms with Gasteiger partial charge in [0.25, 0.3) is 0 Å². The van der Waals surface area contributed by atoms with Gasteiger partial charge in [0.05, 0.1) is 10.1 Å². The molecule has 0 spiro atoms. The molecule has 0 fully saturated rings. The van der Waals surface area contributed by atoms with E-state index in [9.17, 15) is 21.6 Å². The summed E-state index contributed by atoms with van der Waals surface area (Å²) >= 11 is 0. The number of hydrogen-bond donors (Lipinski definition) is 2. The number of halogens is 3. The van der Waals surface area contributed by atoms with Gasteiger partial charge in [-0.1, -0.05) is 18.2 Å². The summed E-state index contributed by atoms with van der Waals surface area (Å²) in [5, 5.41) is -0.912. The maximum absolute atomic E-state index is 13.9. The number of benzene rings is 1. The third-order valence-corrected chi connectivity index (χ3v) is 5.99. The molecule has 1 aromatic carbocycles. The topological polar surface area (TPSA) is 111 Å². The molecule has 0 bridgehead atoms. The molecule has 1 heterocycles. The van der Waals surface area contributed by atoms with Crippen LogP contribution in [-0.2, 0) is 15.3 Å². The standard InChI is InChI=1S/C14H17F3N4O2S/c1-8(2)24(22,23)10-6-4-3-5-9(10)13(14(15,16)17)7-20-12(19)21-11(13)18/h3-8,12H,19H2,1-2H3,(H2,18,21). The molecule has 2 rings (SSSR count). The van der Waals surface area contributed by atoms with Crippen LogP contribution in [0.5, 0.6) is 0 Å². The van der Waals surface area contributed by atoms with E-state index in [0.29, 0.717) is 6.21 Å². The van der Waals surface area contributed by atoms with E-state index in [1.807, 2.05) is 0 Å². The molecule has 0 aromatic heterocycles. The molecule has 4 N–H and O–H groups in total. The average Bonchev–Trinajstić information content (AvgIpc) is 2.46. The minimum absolute atomic E-state index is 0.461. The molecule has 0 radical (unpaired) electrons. The van der Waals surface area contributed by atoms with Crippen molar-refractivity contribution in [2.24, 2.45) is 21.5 Å². The third kappa shape index (κ3) is 2.69. The van der Waals surface area contributed by atoms with Gasteiger partial charge in [0.1, 0.15) is 5.84 Å². The second kappa shape index (κ2) is 5.85. The Morgan fingerprint density at radius 3 is 2.33 bits per heavy atom. The highest BCUT2D eigenvalue weighted by Crippen LogP contribution is 2.44. The molecule has 0 saturated heterocycles. The second-order valence-corrected chi connectivity index (χ2v) is 8.07. The Hall–Kier alpha value is -1.94. The molecule has 132 valence electrons. The van der Waals surface area contributed by atoms with Crippen LogP contribution >= 0.6 is 0 Å². The fourth-order valence-corrected chi connectivity index (χ4v) is 3.72. The molecule has 0 aliphatic carbocycles. The summed E-state index contributed by atoms with van der Waals surface area (Å²) in [6.45, 7) is 2.77. The third-order valence-electron chi connectivity index (χ3n) is 3.78. The van der Waals surface area contributed by atoms with E-state index >= 15 is 0 Å². The quantitative estimate of drug-likeness (QED) is 0.845. The van der Waals surface area contributed by atoms with E-state index in [2.05, 4.69) is 9.98 Å². The van der Waals surface area contributed by atoms with E-state index in [4.69, 9.17) is 11.5 Å². The lowest BCUT2D eigenvalue weighted by Gasteiger charge is -2.35. The van der Waals surface area contributed by atoms with Crippen molar-refractivity contribution >= 4 is 21.9 Å². The summed E-state index contributed by atoms with van der Waals surface area (Å²) in [5.74, 6) is -0.844. The highest BCUT2D eigenvalue weighted by molar-refractivity contribution is 7.92. The van der Waals surface area contributed by atoms with Crippen LogP contribution in [0.4, 0.5) is 13.2 Å². The predicted octanol–water partition coefficient (Wildman–Crippen LogP) is 1.35. The Bertz CT molecular complexity index is 802. The Balaban J connectivity index is 2.87. The monoisotopic (exact) mass is 362 g/mol. The lowest BCUT2D eigenvalue weighted by Crippen LogP contribution is -2.57. The summed E-state index contributed by atoms with van der Waals surface area (Å²) in [6.07, 6.45) is -5.67. The number of hydrogen-bond acceptors (Lipinski definition) is 6. The molecular formula is C14H17F3N4O2S. The van der Waals surface area contributed by atoms with Crippen molar-refractivity contribution in [1.82, 2.24) is 0 Å². The molecule has 2 unspecified atom stereocenters. The summed E-state index contributed by atoms with van der Waals surface area (Å²) in [6, 6.07) is 4.83. The summed E-state index contributed by atoms with van der Waals surface area (Å²) in [4.78, 5) is 6.56. The molecule has 0 saturated carbocycles. The van der Waals surface area contributed by atoms with Crippen LogP contribution in [-0.4, -0.2) is 38.2 Å². The Morgan fingerprint density at radius 2 is 1.83 bits per heavy atom. The molecule has 1 aliphatic rings. The molecule has 2 atom stereocenters. The molecule has 1 aliphatic heterocycles. The zero-order valence-corrected chi connectivity index (χ0v) is 13.8. The average molecular weight is 362 g/mol. The summed E-state index contributed by atoms with van der Waals surface area (Å²) < 4.78 is 66.9. The van der Waals surface area contributed by atoms with Gasteiger partial charge in [-0.3, -0.25) is 10.7 Å². The van der Waals surface area contributed by atoms with E-state index < -0.39 is 49.3 Å². The number of nitrogens with zero attached hydrogens (tertiary/aromatic N) is 2. The molecule has 0 amide bonds. The van der Waals surface area contributed by atoms with E-state index in [1.54, 1.807) is 0 Å².